The van der Waals surface area contributed by atoms with Gasteiger partial charge in [-0.05, 0) is 38.2 Å². The van der Waals surface area contributed by atoms with Crippen LogP contribution in [0.15, 0.2) is 18.2 Å². The van der Waals surface area contributed by atoms with Crippen molar-refractivity contribution in [2.45, 2.75) is 44.7 Å². The summed E-state index contributed by atoms with van der Waals surface area (Å²) in [6.07, 6.45) is 4.48. The Kier molecular flexibility index (Phi) is 2.32. The predicted molar refractivity (Wildman–Crippen MR) is 63.8 cm³/mol. The van der Waals surface area contributed by atoms with E-state index in [2.05, 4.69) is 18.3 Å². The van der Waals surface area contributed by atoms with Gasteiger partial charge in [-0.2, -0.15) is 0 Å². The first-order chi connectivity index (χ1) is 7.74. The summed E-state index contributed by atoms with van der Waals surface area (Å²) in [5, 5.41) is 3.45. The first-order valence-electron chi connectivity index (χ1n) is 6.14. The first kappa shape index (κ1) is 10.0. The van der Waals surface area contributed by atoms with Gasteiger partial charge < -0.3 is 5.32 Å². The molecule has 0 bridgehead atoms. The fraction of sp³-hybridized carbons (Fsp3) is 0.500. The minimum absolute atomic E-state index is 0.0720. The Hall–Kier alpha value is -1.15. The monoisotopic (exact) mass is 215 g/mol. The fourth-order valence-corrected chi connectivity index (χ4v) is 2.48. The molecule has 1 unspecified atom stereocenters. The van der Waals surface area contributed by atoms with Crippen molar-refractivity contribution in [1.82, 2.24) is 5.32 Å². The number of rotatable bonds is 2. The molecule has 0 heterocycles. The Morgan fingerprint density at radius 3 is 2.81 bits per heavy atom. The van der Waals surface area contributed by atoms with Crippen molar-refractivity contribution in [2.24, 2.45) is 0 Å². The van der Waals surface area contributed by atoms with E-state index in [0.29, 0.717) is 11.8 Å². The van der Waals surface area contributed by atoms with Crippen molar-refractivity contribution < 1.29 is 4.79 Å². The van der Waals surface area contributed by atoms with Crippen LogP contribution < -0.4 is 5.32 Å². The maximum atomic E-state index is 12.2. The molecule has 1 aromatic carbocycles. The molecule has 0 spiro atoms. The summed E-state index contributed by atoms with van der Waals surface area (Å²) in [6, 6.07) is 6.87. The van der Waals surface area contributed by atoms with E-state index in [-0.39, 0.29) is 6.04 Å². The lowest BCUT2D eigenvalue weighted by atomic mass is 9.86. The third-order valence-electron chi connectivity index (χ3n) is 3.56. The maximum Gasteiger partial charge on any atom is 0.180 e. The van der Waals surface area contributed by atoms with Crippen LogP contribution in [-0.4, -0.2) is 17.9 Å². The molecule has 1 fully saturated rings. The van der Waals surface area contributed by atoms with Crippen LogP contribution in [0.1, 0.15) is 40.7 Å². The Morgan fingerprint density at radius 2 is 2.06 bits per heavy atom. The van der Waals surface area contributed by atoms with Gasteiger partial charge in [0, 0.05) is 11.6 Å². The van der Waals surface area contributed by atoms with Gasteiger partial charge in [0.2, 0.25) is 0 Å². The molecule has 0 radical (unpaired) electrons. The van der Waals surface area contributed by atoms with E-state index in [4.69, 9.17) is 0 Å². The zero-order valence-electron chi connectivity index (χ0n) is 9.62. The average molecular weight is 215 g/mol. The number of nitrogens with one attached hydrogen (secondary N) is 1. The minimum Gasteiger partial charge on any atom is -0.304 e. The van der Waals surface area contributed by atoms with Crippen molar-refractivity contribution in [3.8, 4) is 0 Å². The van der Waals surface area contributed by atoms with Gasteiger partial charge in [0.15, 0.2) is 5.78 Å². The largest absolute Gasteiger partial charge is 0.304 e. The molecule has 1 atom stereocenters. The Bertz CT molecular complexity index is 434. The summed E-state index contributed by atoms with van der Waals surface area (Å²) in [6.45, 7) is 2.08. The molecule has 2 heteroatoms. The molecule has 1 N–H and O–H groups in total. The van der Waals surface area contributed by atoms with Crippen molar-refractivity contribution in [3.63, 3.8) is 0 Å². The quantitative estimate of drug-likeness (QED) is 0.819. The number of hydrogen-bond acceptors (Lipinski definition) is 2. The third-order valence-corrected chi connectivity index (χ3v) is 3.56. The van der Waals surface area contributed by atoms with E-state index < -0.39 is 0 Å². The molecule has 1 aromatic rings. The number of carbonyl (C=O) groups excluding carboxylic acids is 1. The van der Waals surface area contributed by atoms with E-state index in [0.717, 1.165) is 18.4 Å². The summed E-state index contributed by atoms with van der Waals surface area (Å²) in [4.78, 5) is 12.2. The Labute approximate surface area is 96.1 Å². The first-order valence-corrected chi connectivity index (χ1v) is 6.14. The van der Waals surface area contributed by atoms with Gasteiger partial charge in [0.25, 0.3) is 0 Å². The van der Waals surface area contributed by atoms with Crippen LogP contribution in [0.5, 0.6) is 0 Å². The van der Waals surface area contributed by atoms with E-state index in [1.54, 1.807) is 0 Å². The molecular weight excluding hydrogens is 198 g/mol. The number of aryl methyl sites for hydroxylation is 2. The van der Waals surface area contributed by atoms with Crippen LogP contribution in [0.25, 0.3) is 0 Å². The Morgan fingerprint density at radius 1 is 1.25 bits per heavy atom. The van der Waals surface area contributed by atoms with E-state index >= 15 is 0 Å². The molecule has 0 amide bonds. The molecule has 0 aliphatic heterocycles. The summed E-state index contributed by atoms with van der Waals surface area (Å²) in [5.41, 5.74) is 3.42. The number of carbonyl (C=O) groups is 1. The van der Waals surface area contributed by atoms with Crippen molar-refractivity contribution in [1.29, 1.82) is 0 Å². The molecule has 2 aliphatic carbocycles. The van der Waals surface area contributed by atoms with Gasteiger partial charge in [-0.25, -0.2) is 0 Å². The van der Waals surface area contributed by atoms with Gasteiger partial charge in [-0.1, -0.05) is 23.8 Å². The van der Waals surface area contributed by atoms with Crippen LogP contribution in [0.3, 0.4) is 0 Å². The topological polar surface area (TPSA) is 29.1 Å². The number of fused-ring (bicyclic) bond motifs is 1. The number of benzene rings is 1. The van der Waals surface area contributed by atoms with Gasteiger partial charge in [-0.3, -0.25) is 4.79 Å². The molecule has 16 heavy (non-hydrogen) atoms. The molecule has 0 aromatic heterocycles. The van der Waals surface area contributed by atoms with Crippen LogP contribution in [0.2, 0.25) is 0 Å². The lowest BCUT2D eigenvalue weighted by Gasteiger charge is -2.24. The second-order valence-electron chi connectivity index (χ2n) is 5.06. The van der Waals surface area contributed by atoms with Crippen molar-refractivity contribution in [2.75, 3.05) is 0 Å². The van der Waals surface area contributed by atoms with Gasteiger partial charge in [0.05, 0.1) is 6.04 Å². The number of Topliss-reactive ketones (excluding diaryl/α,β-unsaturated/α-hetero) is 1. The van der Waals surface area contributed by atoms with E-state index in [1.807, 2.05) is 12.1 Å². The smallest absolute Gasteiger partial charge is 0.180 e. The number of ketones is 1. The third kappa shape index (κ3) is 1.78. The van der Waals surface area contributed by atoms with Gasteiger partial charge >= 0.3 is 0 Å². The molecule has 2 aliphatic rings. The van der Waals surface area contributed by atoms with Crippen LogP contribution in [-0.2, 0) is 6.42 Å². The standard InChI is InChI=1S/C14H17NO/c1-9-2-6-12-10(8-9)3-7-13(14(12)16)15-11-4-5-11/h2,6,8,11,13,15H,3-5,7H2,1H3. The molecule has 0 saturated heterocycles. The SMILES string of the molecule is Cc1ccc2c(c1)CCC(NC1CC1)C2=O. The summed E-state index contributed by atoms with van der Waals surface area (Å²) in [7, 11) is 0. The summed E-state index contributed by atoms with van der Waals surface area (Å²) < 4.78 is 0. The van der Waals surface area contributed by atoms with Crippen molar-refractivity contribution >= 4 is 5.78 Å². The van der Waals surface area contributed by atoms with Crippen LogP contribution in [0, 0.1) is 6.92 Å². The van der Waals surface area contributed by atoms with Crippen molar-refractivity contribution in [3.05, 3.63) is 34.9 Å². The molecule has 84 valence electrons. The molecule has 2 nitrogen and oxygen atoms in total. The summed E-state index contributed by atoms with van der Waals surface area (Å²) >= 11 is 0. The van der Waals surface area contributed by atoms with E-state index in [9.17, 15) is 4.79 Å². The highest BCUT2D eigenvalue weighted by Gasteiger charge is 2.32. The molecule has 1 saturated carbocycles. The summed E-state index contributed by atoms with van der Waals surface area (Å²) in [5.74, 6) is 0.299. The normalized spacial score (nSPS) is 24.3. The van der Waals surface area contributed by atoms with Gasteiger partial charge in [-0.15, -0.1) is 0 Å². The second kappa shape index (κ2) is 3.70. The zero-order chi connectivity index (χ0) is 11.1. The number of hydrogen-bond donors (Lipinski definition) is 1. The highest BCUT2D eigenvalue weighted by Crippen LogP contribution is 2.26. The predicted octanol–water partition coefficient (Wildman–Crippen LogP) is 2.24. The zero-order valence-corrected chi connectivity index (χ0v) is 9.62. The molecule has 3 rings (SSSR count). The second-order valence-corrected chi connectivity index (χ2v) is 5.06. The fourth-order valence-electron chi connectivity index (χ4n) is 2.48. The average Bonchev–Trinajstić information content (AvgIpc) is 3.06. The van der Waals surface area contributed by atoms with Crippen LogP contribution in [0.4, 0.5) is 0 Å². The van der Waals surface area contributed by atoms with Gasteiger partial charge in [0.1, 0.15) is 0 Å². The highest BCUT2D eigenvalue weighted by atomic mass is 16.1. The van der Waals surface area contributed by atoms with E-state index in [1.165, 1.54) is 24.0 Å². The maximum absolute atomic E-state index is 12.2. The highest BCUT2D eigenvalue weighted by molar-refractivity contribution is 6.02. The lowest BCUT2D eigenvalue weighted by molar-refractivity contribution is 0.0927. The minimum atomic E-state index is 0.0720. The lowest BCUT2D eigenvalue weighted by Crippen LogP contribution is -2.41. The Balaban J connectivity index is 1.86. The molecular formula is C14H17NO. The van der Waals surface area contributed by atoms with Crippen LogP contribution >= 0.6 is 0 Å².